The van der Waals surface area contributed by atoms with E-state index in [0.717, 1.165) is 11.1 Å². The van der Waals surface area contributed by atoms with Gasteiger partial charge in [0.2, 0.25) is 0 Å². The Morgan fingerprint density at radius 1 is 1.33 bits per heavy atom. The van der Waals surface area contributed by atoms with Crippen molar-refractivity contribution in [3.05, 3.63) is 41.1 Å². The third-order valence-electron chi connectivity index (χ3n) is 2.38. The van der Waals surface area contributed by atoms with Crippen molar-refractivity contribution >= 4 is 17.6 Å². The third-order valence-corrected chi connectivity index (χ3v) is 2.38. The molecule has 0 saturated carbocycles. The number of benzene rings is 1. The molecule has 7 N–H and O–H groups in total. The van der Waals surface area contributed by atoms with Crippen LogP contribution in [0.1, 0.15) is 21.5 Å². The molecule has 6 nitrogen and oxygen atoms in total. The number of carbonyl (C=O) groups is 1. The molecule has 0 saturated heterocycles. The van der Waals surface area contributed by atoms with Crippen molar-refractivity contribution in [2.75, 3.05) is 7.05 Å². The average Bonchev–Trinajstić information content (AvgIpc) is 2.34. The minimum absolute atomic E-state index is 0.0587. The van der Waals surface area contributed by atoms with Gasteiger partial charge in [0.05, 0.1) is 11.9 Å². The number of nitrogens with one attached hydrogen (secondary N) is 1. The van der Waals surface area contributed by atoms with Crippen LogP contribution in [0.5, 0.6) is 0 Å². The van der Waals surface area contributed by atoms with Crippen molar-refractivity contribution in [3.63, 3.8) is 0 Å². The van der Waals surface area contributed by atoms with E-state index in [4.69, 9.17) is 17.2 Å². The molecule has 96 valence electrons. The number of hydrogen-bond acceptors (Lipinski definition) is 3. The highest BCUT2D eigenvalue weighted by atomic mass is 16.1. The van der Waals surface area contributed by atoms with E-state index in [2.05, 4.69) is 10.3 Å². The summed E-state index contributed by atoms with van der Waals surface area (Å²) >= 11 is 0. The molecule has 0 unspecified atom stereocenters. The number of guanidine groups is 1. The van der Waals surface area contributed by atoms with Gasteiger partial charge in [0, 0.05) is 12.6 Å². The molecule has 0 fully saturated rings. The zero-order valence-corrected chi connectivity index (χ0v) is 10.4. The molecule has 0 aliphatic heterocycles. The van der Waals surface area contributed by atoms with E-state index in [1.165, 1.54) is 6.20 Å². The van der Waals surface area contributed by atoms with E-state index in [1.54, 1.807) is 25.2 Å². The van der Waals surface area contributed by atoms with Crippen LogP contribution in [0.4, 0.5) is 0 Å². The maximum absolute atomic E-state index is 11.5. The van der Waals surface area contributed by atoms with Crippen LogP contribution in [-0.4, -0.2) is 18.9 Å². The molecule has 1 aromatic rings. The molecule has 1 amide bonds. The van der Waals surface area contributed by atoms with Gasteiger partial charge in [-0.15, -0.1) is 0 Å². The topological polar surface area (TPSA) is 120 Å². The third kappa shape index (κ3) is 3.24. The SMILES string of the molecule is CNC(=O)c1ccc(/C(N)=C/N=C(N)N)cc1C. The number of aryl methyl sites for hydroxylation is 1. The summed E-state index contributed by atoms with van der Waals surface area (Å²) in [6.07, 6.45) is 1.38. The molecule has 0 aliphatic rings. The normalized spacial score (nSPS) is 10.9. The second kappa shape index (κ2) is 5.72. The van der Waals surface area contributed by atoms with E-state index in [9.17, 15) is 4.79 Å². The number of hydrogen-bond donors (Lipinski definition) is 4. The van der Waals surface area contributed by atoms with Gasteiger partial charge in [-0.2, -0.15) is 0 Å². The predicted molar refractivity (Wildman–Crippen MR) is 72.5 cm³/mol. The molecule has 1 aromatic carbocycles. The fourth-order valence-corrected chi connectivity index (χ4v) is 1.45. The van der Waals surface area contributed by atoms with Crippen molar-refractivity contribution < 1.29 is 4.79 Å². The fourth-order valence-electron chi connectivity index (χ4n) is 1.45. The van der Waals surface area contributed by atoms with E-state index in [0.29, 0.717) is 11.3 Å². The minimum atomic E-state index is -0.133. The van der Waals surface area contributed by atoms with Crippen LogP contribution < -0.4 is 22.5 Å². The lowest BCUT2D eigenvalue weighted by atomic mass is 10.0. The Morgan fingerprint density at radius 3 is 2.50 bits per heavy atom. The summed E-state index contributed by atoms with van der Waals surface area (Å²) in [7, 11) is 1.59. The van der Waals surface area contributed by atoms with Crippen LogP contribution in [0.2, 0.25) is 0 Å². The van der Waals surface area contributed by atoms with Crippen LogP contribution >= 0.6 is 0 Å². The summed E-state index contributed by atoms with van der Waals surface area (Å²) in [5, 5.41) is 2.57. The molecule has 0 atom stereocenters. The molecule has 0 aromatic heterocycles. The summed E-state index contributed by atoms with van der Waals surface area (Å²) in [6.45, 7) is 1.84. The zero-order chi connectivity index (χ0) is 13.7. The molecule has 0 heterocycles. The lowest BCUT2D eigenvalue weighted by molar-refractivity contribution is 0.0962. The maximum Gasteiger partial charge on any atom is 0.251 e. The van der Waals surface area contributed by atoms with Crippen LogP contribution in [-0.2, 0) is 0 Å². The predicted octanol–water partition coefficient (Wildman–Crippen LogP) is -0.115. The summed E-state index contributed by atoms with van der Waals surface area (Å²) in [5.41, 5.74) is 18.8. The number of carbonyl (C=O) groups excluding carboxylic acids is 1. The lowest BCUT2D eigenvalue weighted by Crippen LogP contribution is -2.22. The molecule has 0 radical (unpaired) electrons. The van der Waals surface area contributed by atoms with Crippen molar-refractivity contribution in [3.8, 4) is 0 Å². The summed E-state index contributed by atoms with van der Waals surface area (Å²) in [4.78, 5) is 15.2. The maximum atomic E-state index is 11.5. The molecule has 0 bridgehead atoms. The van der Waals surface area contributed by atoms with E-state index < -0.39 is 0 Å². The summed E-state index contributed by atoms with van der Waals surface area (Å²) in [5.74, 6) is -0.192. The zero-order valence-electron chi connectivity index (χ0n) is 10.4. The van der Waals surface area contributed by atoms with Crippen LogP contribution in [0.25, 0.3) is 5.70 Å². The van der Waals surface area contributed by atoms with Gasteiger partial charge < -0.3 is 22.5 Å². The number of aliphatic imine (C=N–C) groups is 1. The van der Waals surface area contributed by atoms with Gasteiger partial charge in [-0.25, -0.2) is 4.99 Å². The Balaban J connectivity index is 3.08. The number of nitrogens with two attached hydrogens (primary N) is 3. The number of amides is 1. The highest BCUT2D eigenvalue weighted by molar-refractivity contribution is 5.95. The van der Waals surface area contributed by atoms with Crippen molar-refractivity contribution in [2.45, 2.75) is 6.92 Å². The first kappa shape index (κ1) is 13.6. The minimum Gasteiger partial charge on any atom is -0.397 e. The molecule has 6 heteroatoms. The highest BCUT2D eigenvalue weighted by Crippen LogP contribution is 2.15. The van der Waals surface area contributed by atoms with Gasteiger partial charge in [0.15, 0.2) is 5.96 Å². The first-order valence-electron chi connectivity index (χ1n) is 5.33. The van der Waals surface area contributed by atoms with Gasteiger partial charge in [-0.3, -0.25) is 4.79 Å². The molecule has 1 rings (SSSR count). The van der Waals surface area contributed by atoms with Crippen LogP contribution in [0.3, 0.4) is 0 Å². The van der Waals surface area contributed by atoms with Gasteiger partial charge in [0.25, 0.3) is 5.91 Å². The lowest BCUT2D eigenvalue weighted by Gasteiger charge is -2.07. The molecule has 0 spiro atoms. The Bertz CT molecular complexity index is 515. The number of rotatable bonds is 3. The van der Waals surface area contributed by atoms with Crippen molar-refractivity contribution in [1.29, 1.82) is 0 Å². The smallest absolute Gasteiger partial charge is 0.251 e. The summed E-state index contributed by atoms with van der Waals surface area (Å²) in [6, 6.07) is 5.25. The Labute approximate surface area is 106 Å². The van der Waals surface area contributed by atoms with Gasteiger partial charge in [0.1, 0.15) is 0 Å². The van der Waals surface area contributed by atoms with E-state index in [1.807, 2.05) is 6.92 Å². The van der Waals surface area contributed by atoms with Gasteiger partial charge in [-0.1, -0.05) is 6.07 Å². The first-order chi connectivity index (χ1) is 8.45. The second-order valence-corrected chi connectivity index (χ2v) is 3.75. The molecule has 18 heavy (non-hydrogen) atoms. The van der Waals surface area contributed by atoms with Gasteiger partial charge >= 0.3 is 0 Å². The number of nitrogens with zero attached hydrogens (tertiary/aromatic N) is 1. The summed E-state index contributed by atoms with van der Waals surface area (Å²) < 4.78 is 0. The Hall–Kier alpha value is -2.50. The highest BCUT2D eigenvalue weighted by Gasteiger charge is 2.08. The quantitative estimate of drug-likeness (QED) is 0.440. The first-order valence-corrected chi connectivity index (χ1v) is 5.33. The largest absolute Gasteiger partial charge is 0.397 e. The van der Waals surface area contributed by atoms with E-state index in [-0.39, 0.29) is 11.9 Å². The standard InChI is InChI=1S/C12H17N5O/c1-7-5-8(10(13)6-17-12(14)15)3-4-9(7)11(18)16-2/h3-6H,13H2,1-2H3,(H,16,18)(H4,14,15,17)/b10-6-. The van der Waals surface area contributed by atoms with Crippen LogP contribution in [0, 0.1) is 6.92 Å². The second-order valence-electron chi connectivity index (χ2n) is 3.75. The fraction of sp³-hybridized carbons (Fsp3) is 0.167. The van der Waals surface area contributed by atoms with Crippen molar-refractivity contribution in [1.82, 2.24) is 5.32 Å². The van der Waals surface area contributed by atoms with Gasteiger partial charge in [-0.05, 0) is 30.2 Å². The van der Waals surface area contributed by atoms with E-state index >= 15 is 0 Å². The van der Waals surface area contributed by atoms with Crippen LogP contribution in [0.15, 0.2) is 29.4 Å². The monoisotopic (exact) mass is 247 g/mol. The Kier molecular flexibility index (Phi) is 4.31. The molecular weight excluding hydrogens is 230 g/mol. The Morgan fingerprint density at radius 2 is 2.00 bits per heavy atom. The molecule has 0 aliphatic carbocycles. The average molecular weight is 247 g/mol. The molecular formula is C12H17N5O. The van der Waals surface area contributed by atoms with Crippen molar-refractivity contribution in [2.24, 2.45) is 22.2 Å².